The maximum absolute atomic E-state index is 12.4. The van der Waals surface area contributed by atoms with Crippen LogP contribution < -0.4 is 5.73 Å². The molecule has 0 radical (unpaired) electrons. The predicted molar refractivity (Wildman–Crippen MR) is 78.3 cm³/mol. The van der Waals surface area contributed by atoms with Crippen molar-refractivity contribution in [2.45, 2.75) is 70.9 Å². The van der Waals surface area contributed by atoms with Crippen molar-refractivity contribution < 1.29 is 14.3 Å². The molecule has 0 aromatic carbocycles. The van der Waals surface area contributed by atoms with Crippen LogP contribution in [-0.2, 0) is 14.3 Å². The summed E-state index contributed by atoms with van der Waals surface area (Å²) in [7, 11) is 0. The number of ether oxygens (including phenoxy) is 2. The monoisotopic (exact) mass is 283 g/mol. The third-order valence-electron chi connectivity index (χ3n) is 5.46. The van der Waals surface area contributed by atoms with E-state index in [2.05, 4.69) is 13.8 Å². The van der Waals surface area contributed by atoms with Crippen LogP contribution in [0.2, 0.25) is 0 Å². The van der Waals surface area contributed by atoms with Crippen LogP contribution in [0, 0.1) is 11.3 Å². The van der Waals surface area contributed by atoms with Crippen molar-refractivity contribution in [3.05, 3.63) is 0 Å². The van der Waals surface area contributed by atoms with E-state index in [0.29, 0.717) is 19.1 Å². The van der Waals surface area contributed by atoms with Gasteiger partial charge in [-0.05, 0) is 38.5 Å². The Kier molecular flexibility index (Phi) is 4.75. The third-order valence-corrected chi connectivity index (χ3v) is 5.46. The van der Waals surface area contributed by atoms with Gasteiger partial charge in [-0.15, -0.1) is 0 Å². The highest BCUT2D eigenvalue weighted by molar-refractivity contribution is 5.82. The second-order valence-electron chi connectivity index (χ2n) is 6.59. The van der Waals surface area contributed by atoms with Crippen LogP contribution in [0.25, 0.3) is 0 Å². The number of hydrogen-bond donors (Lipinski definition) is 1. The second-order valence-corrected chi connectivity index (χ2v) is 6.59. The molecule has 1 heterocycles. The van der Waals surface area contributed by atoms with E-state index in [-0.39, 0.29) is 12.1 Å². The smallest absolute Gasteiger partial charge is 0.316 e. The number of carbonyl (C=O) groups is 1. The number of rotatable bonds is 6. The van der Waals surface area contributed by atoms with Crippen molar-refractivity contribution in [1.29, 1.82) is 0 Å². The summed E-state index contributed by atoms with van der Waals surface area (Å²) in [6, 6.07) is 0. The van der Waals surface area contributed by atoms with Crippen LogP contribution in [0.4, 0.5) is 0 Å². The van der Waals surface area contributed by atoms with Gasteiger partial charge in [-0.2, -0.15) is 0 Å². The quantitative estimate of drug-likeness (QED) is 0.601. The minimum Gasteiger partial charge on any atom is -0.460 e. The highest BCUT2D eigenvalue weighted by atomic mass is 16.6. The summed E-state index contributed by atoms with van der Waals surface area (Å²) in [6.07, 6.45) is 5.75. The zero-order chi connectivity index (χ0) is 14.8. The van der Waals surface area contributed by atoms with E-state index >= 15 is 0 Å². The Bertz CT molecular complexity index is 360. The maximum atomic E-state index is 12.4. The summed E-state index contributed by atoms with van der Waals surface area (Å²) >= 11 is 0. The van der Waals surface area contributed by atoms with E-state index in [1.165, 1.54) is 0 Å². The first-order valence-electron chi connectivity index (χ1n) is 8.08. The topological polar surface area (TPSA) is 61.6 Å². The number of hydrogen-bond acceptors (Lipinski definition) is 4. The summed E-state index contributed by atoms with van der Waals surface area (Å²) in [4.78, 5) is 12.4. The Morgan fingerprint density at radius 2 is 2.20 bits per heavy atom. The Labute approximate surface area is 122 Å². The van der Waals surface area contributed by atoms with Gasteiger partial charge in [-0.3, -0.25) is 4.79 Å². The summed E-state index contributed by atoms with van der Waals surface area (Å²) in [6.45, 7) is 7.38. The van der Waals surface area contributed by atoms with Crippen molar-refractivity contribution in [2.75, 3.05) is 13.2 Å². The lowest BCUT2D eigenvalue weighted by Crippen LogP contribution is -2.63. The average Bonchev–Trinajstić information content (AvgIpc) is 2.63. The molecule has 1 aliphatic carbocycles. The molecule has 2 fully saturated rings. The molecule has 0 amide bonds. The van der Waals surface area contributed by atoms with Gasteiger partial charge >= 0.3 is 5.97 Å². The van der Waals surface area contributed by atoms with Crippen LogP contribution in [0.1, 0.15) is 59.3 Å². The standard InChI is InChI=1S/C16H29NO3/c1-4-6-9-19-11-15-8-7-13(5-2)10-16(15,17)12(3)20-14(15)18/h12-13H,4-11,17H2,1-3H3/t12-,13?,15-,16+/m1/s1. The van der Waals surface area contributed by atoms with Crippen molar-refractivity contribution in [3.8, 4) is 0 Å². The number of unbranched alkanes of at least 4 members (excludes halogenated alkanes) is 1. The van der Waals surface area contributed by atoms with E-state index in [4.69, 9.17) is 15.2 Å². The number of esters is 1. The van der Waals surface area contributed by atoms with Gasteiger partial charge in [0.1, 0.15) is 11.5 Å². The molecule has 4 atom stereocenters. The predicted octanol–water partition coefficient (Wildman–Crippen LogP) is 2.64. The van der Waals surface area contributed by atoms with Crippen LogP contribution >= 0.6 is 0 Å². The molecule has 1 saturated carbocycles. The molecule has 4 nitrogen and oxygen atoms in total. The first kappa shape index (κ1) is 15.8. The van der Waals surface area contributed by atoms with Crippen molar-refractivity contribution in [1.82, 2.24) is 0 Å². The van der Waals surface area contributed by atoms with Gasteiger partial charge in [-0.25, -0.2) is 0 Å². The number of carbonyl (C=O) groups excluding carboxylic acids is 1. The Morgan fingerprint density at radius 1 is 1.45 bits per heavy atom. The third kappa shape index (κ3) is 2.37. The number of cyclic esters (lactones) is 1. The molecular weight excluding hydrogens is 254 g/mol. The molecule has 2 rings (SSSR count). The minimum atomic E-state index is -0.619. The molecule has 0 spiro atoms. The molecule has 116 valence electrons. The summed E-state index contributed by atoms with van der Waals surface area (Å²) < 4.78 is 11.3. The summed E-state index contributed by atoms with van der Waals surface area (Å²) in [5.41, 5.74) is 5.51. The molecule has 0 aromatic rings. The fourth-order valence-corrected chi connectivity index (χ4v) is 3.79. The minimum absolute atomic E-state index is 0.140. The average molecular weight is 283 g/mol. The largest absolute Gasteiger partial charge is 0.460 e. The van der Waals surface area contributed by atoms with E-state index in [1.807, 2.05) is 6.92 Å². The van der Waals surface area contributed by atoms with E-state index < -0.39 is 11.0 Å². The highest BCUT2D eigenvalue weighted by Crippen LogP contribution is 2.53. The summed E-state index contributed by atoms with van der Waals surface area (Å²) in [5, 5.41) is 0. The molecule has 1 unspecified atom stereocenters. The zero-order valence-corrected chi connectivity index (χ0v) is 13.1. The summed E-state index contributed by atoms with van der Waals surface area (Å²) in [5.74, 6) is 0.458. The second kappa shape index (κ2) is 6.02. The molecule has 0 aromatic heterocycles. The lowest BCUT2D eigenvalue weighted by molar-refractivity contribution is -0.153. The van der Waals surface area contributed by atoms with Crippen LogP contribution in [-0.4, -0.2) is 30.8 Å². The van der Waals surface area contributed by atoms with Gasteiger partial charge in [0.25, 0.3) is 0 Å². The molecule has 0 bridgehead atoms. The number of nitrogens with two attached hydrogens (primary N) is 1. The first-order chi connectivity index (χ1) is 9.50. The molecule has 4 heteroatoms. The van der Waals surface area contributed by atoms with E-state index in [9.17, 15) is 4.79 Å². The fraction of sp³-hybridized carbons (Fsp3) is 0.938. The molecule has 1 saturated heterocycles. The molecule has 2 N–H and O–H groups in total. The Balaban J connectivity index is 2.15. The maximum Gasteiger partial charge on any atom is 0.316 e. The van der Waals surface area contributed by atoms with Crippen LogP contribution in [0.3, 0.4) is 0 Å². The van der Waals surface area contributed by atoms with Gasteiger partial charge in [0, 0.05) is 6.61 Å². The van der Waals surface area contributed by atoms with Crippen molar-refractivity contribution in [3.63, 3.8) is 0 Å². The lowest BCUT2D eigenvalue weighted by Gasteiger charge is -2.47. The fourth-order valence-electron chi connectivity index (χ4n) is 3.79. The number of fused-ring (bicyclic) bond motifs is 1. The molecule has 2 aliphatic rings. The van der Waals surface area contributed by atoms with E-state index in [1.54, 1.807) is 0 Å². The Hall–Kier alpha value is -0.610. The van der Waals surface area contributed by atoms with Gasteiger partial charge in [0.05, 0.1) is 12.1 Å². The first-order valence-corrected chi connectivity index (χ1v) is 8.08. The SMILES string of the molecule is CCCCOC[C@@]12CCC(CC)C[C@]1(N)[C@@H](C)OC2=O. The highest BCUT2D eigenvalue weighted by Gasteiger charge is 2.66. The molecular formula is C16H29NO3. The van der Waals surface area contributed by atoms with Gasteiger partial charge < -0.3 is 15.2 Å². The van der Waals surface area contributed by atoms with Crippen LogP contribution in [0.15, 0.2) is 0 Å². The molecule has 1 aliphatic heterocycles. The van der Waals surface area contributed by atoms with Gasteiger partial charge in [0.2, 0.25) is 0 Å². The van der Waals surface area contributed by atoms with Crippen molar-refractivity contribution in [2.24, 2.45) is 17.1 Å². The van der Waals surface area contributed by atoms with E-state index in [0.717, 1.165) is 38.5 Å². The normalized spacial score (nSPS) is 40.5. The lowest BCUT2D eigenvalue weighted by atomic mass is 9.58. The van der Waals surface area contributed by atoms with Crippen molar-refractivity contribution >= 4 is 5.97 Å². The van der Waals surface area contributed by atoms with Gasteiger partial charge in [0.15, 0.2) is 0 Å². The Morgan fingerprint density at radius 3 is 2.85 bits per heavy atom. The molecule has 20 heavy (non-hydrogen) atoms. The zero-order valence-electron chi connectivity index (χ0n) is 13.1. The van der Waals surface area contributed by atoms with Crippen LogP contribution in [0.5, 0.6) is 0 Å². The van der Waals surface area contributed by atoms with Gasteiger partial charge in [-0.1, -0.05) is 26.7 Å².